The second-order valence-corrected chi connectivity index (χ2v) is 3.62. The normalized spacial score (nSPS) is 10.1. The van der Waals surface area contributed by atoms with E-state index < -0.39 is 0 Å². The van der Waals surface area contributed by atoms with Crippen LogP contribution in [0.25, 0.3) is 0 Å². The molecule has 0 aliphatic carbocycles. The number of carbonyl (C=O) groups is 1. The lowest BCUT2D eigenvalue weighted by molar-refractivity contribution is -0.140. The van der Waals surface area contributed by atoms with Crippen LogP contribution in [0.5, 0.6) is 0 Å². The largest absolute Gasteiger partial charge is 0.469 e. The van der Waals surface area contributed by atoms with Gasteiger partial charge in [-0.05, 0) is 31.5 Å². The minimum absolute atomic E-state index is 0.157. The van der Waals surface area contributed by atoms with Gasteiger partial charge in [0.2, 0.25) is 0 Å². The van der Waals surface area contributed by atoms with Gasteiger partial charge in [0.25, 0.3) is 0 Å². The van der Waals surface area contributed by atoms with Crippen molar-refractivity contribution in [2.75, 3.05) is 13.7 Å². The molecule has 1 heterocycles. The van der Waals surface area contributed by atoms with E-state index in [-0.39, 0.29) is 5.97 Å². The van der Waals surface area contributed by atoms with Crippen molar-refractivity contribution in [3.8, 4) is 0 Å². The van der Waals surface area contributed by atoms with E-state index in [1.165, 1.54) is 12.7 Å². The van der Waals surface area contributed by atoms with Crippen LogP contribution in [0.2, 0.25) is 0 Å². The topological polar surface area (TPSA) is 51.2 Å². The number of hydrogen-bond donors (Lipinski definition) is 1. The number of rotatable bonds is 6. The van der Waals surface area contributed by atoms with Crippen molar-refractivity contribution < 1.29 is 9.53 Å². The summed E-state index contributed by atoms with van der Waals surface area (Å²) in [5, 5.41) is 3.25. The first-order chi connectivity index (χ1) is 7.74. The molecule has 88 valence electrons. The third-order valence-electron chi connectivity index (χ3n) is 2.37. The smallest absolute Gasteiger partial charge is 0.305 e. The predicted molar refractivity (Wildman–Crippen MR) is 61.9 cm³/mol. The summed E-state index contributed by atoms with van der Waals surface area (Å²) in [7, 11) is 1.41. The summed E-state index contributed by atoms with van der Waals surface area (Å²) in [4.78, 5) is 15.1. The van der Waals surface area contributed by atoms with Crippen molar-refractivity contribution in [2.45, 2.75) is 26.3 Å². The molecule has 0 aliphatic rings. The first kappa shape index (κ1) is 12.6. The lowest BCUT2D eigenvalue weighted by Gasteiger charge is -2.06. The van der Waals surface area contributed by atoms with Gasteiger partial charge in [0.15, 0.2) is 0 Å². The number of aryl methyl sites for hydroxylation is 1. The number of esters is 1. The summed E-state index contributed by atoms with van der Waals surface area (Å²) in [6, 6.07) is 3.97. The molecule has 0 radical (unpaired) electrons. The van der Waals surface area contributed by atoms with E-state index in [1.54, 1.807) is 6.20 Å². The lowest BCUT2D eigenvalue weighted by Crippen LogP contribution is -2.17. The van der Waals surface area contributed by atoms with Crippen molar-refractivity contribution in [1.82, 2.24) is 10.3 Å². The van der Waals surface area contributed by atoms with Crippen molar-refractivity contribution in [3.05, 3.63) is 29.6 Å². The molecule has 0 aliphatic heterocycles. The molecule has 4 heteroatoms. The molecule has 0 saturated carbocycles. The minimum atomic E-state index is -0.157. The number of hydrogen-bond acceptors (Lipinski definition) is 4. The number of aromatic nitrogens is 1. The van der Waals surface area contributed by atoms with Crippen LogP contribution in [0.4, 0.5) is 0 Å². The zero-order valence-electron chi connectivity index (χ0n) is 9.82. The van der Waals surface area contributed by atoms with Gasteiger partial charge in [-0.3, -0.25) is 9.78 Å². The molecule has 0 spiro atoms. The summed E-state index contributed by atoms with van der Waals surface area (Å²) in [6.07, 6.45) is 3.04. The number of ether oxygens (including phenoxy) is 1. The molecular weight excluding hydrogens is 204 g/mol. The Labute approximate surface area is 96.0 Å². The number of nitrogens with one attached hydrogen (secondary N) is 1. The van der Waals surface area contributed by atoms with E-state index in [9.17, 15) is 4.79 Å². The van der Waals surface area contributed by atoms with Crippen LogP contribution < -0.4 is 5.32 Å². The number of pyridine rings is 1. The fraction of sp³-hybridized carbons (Fsp3) is 0.500. The molecule has 1 aromatic rings. The van der Waals surface area contributed by atoms with Gasteiger partial charge in [-0.1, -0.05) is 6.07 Å². The minimum Gasteiger partial charge on any atom is -0.469 e. The van der Waals surface area contributed by atoms with Crippen LogP contribution >= 0.6 is 0 Å². The van der Waals surface area contributed by atoms with Crippen molar-refractivity contribution in [1.29, 1.82) is 0 Å². The van der Waals surface area contributed by atoms with E-state index in [1.807, 2.05) is 19.1 Å². The molecule has 0 aromatic carbocycles. The Morgan fingerprint density at radius 1 is 1.56 bits per heavy atom. The number of carbonyl (C=O) groups excluding carboxylic acids is 1. The summed E-state index contributed by atoms with van der Waals surface area (Å²) < 4.78 is 4.56. The second kappa shape index (κ2) is 6.95. The molecule has 0 unspecified atom stereocenters. The Morgan fingerprint density at radius 3 is 3.06 bits per heavy atom. The molecule has 1 N–H and O–H groups in total. The zero-order valence-corrected chi connectivity index (χ0v) is 9.82. The Morgan fingerprint density at radius 2 is 2.38 bits per heavy atom. The highest BCUT2D eigenvalue weighted by Gasteiger charge is 2.00. The second-order valence-electron chi connectivity index (χ2n) is 3.62. The number of methoxy groups -OCH3 is 1. The van der Waals surface area contributed by atoms with E-state index in [4.69, 9.17) is 0 Å². The maximum absolute atomic E-state index is 10.8. The fourth-order valence-corrected chi connectivity index (χ4v) is 1.37. The molecule has 16 heavy (non-hydrogen) atoms. The Balaban J connectivity index is 2.17. The number of nitrogens with zero attached hydrogens (tertiary/aromatic N) is 1. The first-order valence-electron chi connectivity index (χ1n) is 5.42. The van der Waals surface area contributed by atoms with Crippen LogP contribution in [-0.4, -0.2) is 24.6 Å². The molecule has 1 rings (SSSR count). The molecule has 0 fully saturated rings. The van der Waals surface area contributed by atoms with Gasteiger partial charge in [-0.2, -0.15) is 0 Å². The maximum Gasteiger partial charge on any atom is 0.305 e. The highest BCUT2D eigenvalue weighted by atomic mass is 16.5. The van der Waals surface area contributed by atoms with Gasteiger partial charge in [-0.25, -0.2) is 0 Å². The summed E-state index contributed by atoms with van der Waals surface area (Å²) in [6.45, 7) is 3.58. The van der Waals surface area contributed by atoms with E-state index >= 15 is 0 Å². The van der Waals surface area contributed by atoms with Crippen LogP contribution in [0.15, 0.2) is 18.3 Å². The fourth-order valence-electron chi connectivity index (χ4n) is 1.37. The Kier molecular flexibility index (Phi) is 5.50. The summed E-state index contributed by atoms with van der Waals surface area (Å²) in [5.41, 5.74) is 2.24. The molecule has 0 atom stereocenters. The van der Waals surface area contributed by atoms with Crippen LogP contribution in [0.1, 0.15) is 24.1 Å². The van der Waals surface area contributed by atoms with Gasteiger partial charge < -0.3 is 10.1 Å². The molecule has 0 amide bonds. The van der Waals surface area contributed by atoms with Gasteiger partial charge in [0, 0.05) is 19.2 Å². The monoisotopic (exact) mass is 222 g/mol. The SMILES string of the molecule is COC(=O)CCCNCc1ncccc1C. The van der Waals surface area contributed by atoms with Gasteiger partial charge >= 0.3 is 5.97 Å². The first-order valence-corrected chi connectivity index (χ1v) is 5.42. The third-order valence-corrected chi connectivity index (χ3v) is 2.37. The lowest BCUT2D eigenvalue weighted by atomic mass is 10.2. The average molecular weight is 222 g/mol. The standard InChI is InChI=1S/C12H18N2O2/c1-10-5-3-8-14-11(10)9-13-7-4-6-12(15)16-2/h3,5,8,13H,4,6-7,9H2,1-2H3. The molecule has 1 aromatic heterocycles. The van der Waals surface area contributed by atoms with Crippen molar-refractivity contribution in [2.24, 2.45) is 0 Å². The molecular formula is C12H18N2O2. The molecule has 4 nitrogen and oxygen atoms in total. The average Bonchev–Trinajstić information content (AvgIpc) is 2.30. The quantitative estimate of drug-likeness (QED) is 0.584. The van der Waals surface area contributed by atoms with Crippen LogP contribution in [0, 0.1) is 6.92 Å². The zero-order chi connectivity index (χ0) is 11.8. The van der Waals surface area contributed by atoms with Crippen LogP contribution in [-0.2, 0) is 16.1 Å². The van der Waals surface area contributed by atoms with Crippen LogP contribution in [0.3, 0.4) is 0 Å². The van der Waals surface area contributed by atoms with Crippen molar-refractivity contribution >= 4 is 5.97 Å². The van der Waals surface area contributed by atoms with E-state index in [0.717, 1.165) is 25.2 Å². The summed E-state index contributed by atoms with van der Waals surface area (Å²) in [5.74, 6) is -0.157. The molecule has 0 bridgehead atoms. The molecule has 0 saturated heterocycles. The highest BCUT2D eigenvalue weighted by molar-refractivity contribution is 5.69. The summed E-state index contributed by atoms with van der Waals surface area (Å²) >= 11 is 0. The van der Waals surface area contributed by atoms with E-state index in [2.05, 4.69) is 15.0 Å². The van der Waals surface area contributed by atoms with Crippen molar-refractivity contribution in [3.63, 3.8) is 0 Å². The Bertz CT molecular complexity index is 340. The Hall–Kier alpha value is -1.42. The van der Waals surface area contributed by atoms with Gasteiger partial charge in [0.05, 0.1) is 12.8 Å². The maximum atomic E-state index is 10.8. The van der Waals surface area contributed by atoms with Gasteiger partial charge in [-0.15, -0.1) is 0 Å². The van der Waals surface area contributed by atoms with Gasteiger partial charge in [0.1, 0.15) is 0 Å². The van der Waals surface area contributed by atoms with E-state index in [0.29, 0.717) is 6.42 Å². The predicted octanol–water partition coefficient (Wildman–Crippen LogP) is 1.43. The highest BCUT2D eigenvalue weighted by Crippen LogP contribution is 2.02. The third kappa shape index (κ3) is 4.40.